The normalized spacial score (nSPS) is 11.0. The minimum Gasteiger partial charge on any atom is -0.311 e. The van der Waals surface area contributed by atoms with Crippen molar-refractivity contribution in [1.82, 2.24) is 15.3 Å². The van der Waals surface area contributed by atoms with E-state index >= 15 is 0 Å². The largest absolute Gasteiger partial charge is 0.311 e. The van der Waals surface area contributed by atoms with Crippen LogP contribution in [0.5, 0.6) is 0 Å². The molecule has 0 atom stereocenters. The Hall–Kier alpha value is -2.01. The van der Waals surface area contributed by atoms with E-state index in [2.05, 4.69) is 29.1 Å². The summed E-state index contributed by atoms with van der Waals surface area (Å²) in [5.41, 5.74) is 1.16. The fourth-order valence-corrected chi connectivity index (χ4v) is 1.83. The molecule has 106 valence electrons. The van der Waals surface area contributed by atoms with E-state index in [1.54, 1.807) is 12.1 Å². The van der Waals surface area contributed by atoms with Crippen molar-refractivity contribution in [3.8, 4) is 11.4 Å². The maximum absolute atomic E-state index is 12.9. The van der Waals surface area contributed by atoms with Crippen LogP contribution in [0.1, 0.15) is 19.5 Å². The van der Waals surface area contributed by atoms with Crippen LogP contribution < -0.4 is 10.9 Å². The molecule has 4 nitrogen and oxygen atoms in total. The molecular weight excluding hydrogens is 257 g/mol. The highest BCUT2D eigenvalue weighted by Crippen LogP contribution is 2.14. The van der Waals surface area contributed by atoms with Crippen molar-refractivity contribution < 1.29 is 4.39 Å². The number of nitrogens with zero attached hydrogens (tertiary/aromatic N) is 1. The van der Waals surface area contributed by atoms with Gasteiger partial charge in [0.1, 0.15) is 11.6 Å². The number of nitrogens with one attached hydrogen (secondary N) is 2. The Bertz CT molecular complexity index is 620. The van der Waals surface area contributed by atoms with E-state index in [0.717, 1.165) is 6.54 Å². The van der Waals surface area contributed by atoms with Crippen LogP contribution in [0.2, 0.25) is 0 Å². The highest BCUT2D eigenvalue weighted by molar-refractivity contribution is 5.54. The number of aromatic amines is 1. The molecule has 0 aliphatic heterocycles. The molecule has 0 radical (unpaired) electrons. The second kappa shape index (κ2) is 6.43. The first kappa shape index (κ1) is 14.4. The number of halogens is 1. The zero-order chi connectivity index (χ0) is 14.5. The van der Waals surface area contributed by atoms with Gasteiger partial charge in [-0.3, -0.25) is 4.79 Å². The lowest BCUT2D eigenvalue weighted by Gasteiger charge is -2.08. The fraction of sp³-hybridized carbons (Fsp3) is 0.333. The zero-order valence-electron chi connectivity index (χ0n) is 11.6. The van der Waals surface area contributed by atoms with E-state index in [0.29, 0.717) is 29.5 Å². The minimum absolute atomic E-state index is 0.208. The molecule has 1 heterocycles. The summed E-state index contributed by atoms with van der Waals surface area (Å²) in [5, 5.41) is 3.24. The predicted octanol–water partition coefficient (Wildman–Crippen LogP) is 2.32. The Morgan fingerprint density at radius 2 is 2.00 bits per heavy atom. The number of H-pyrrole nitrogens is 1. The van der Waals surface area contributed by atoms with Crippen LogP contribution in [-0.2, 0) is 6.54 Å². The van der Waals surface area contributed by atoms with Crippen LogP contribution in [-0.4, -0.2) is 16.5 Å². The third kappa shape index (κ3) is 3.99. The molecule has 20 heavy (non-hydrogen) atoms. The standard InChI is InChI=1S/C15H18FN3O/c1-10(2)8-17-9-13-7-14(20)19-15(18-13)11-3-5-12(16)6-4-11/h3-7,10,17H,8-9H2,1-2H3,(H,18,19,20). The van der Waals surface area contributed by atoms with Crippen molar-refractivity contribution in [1.29, 1.82) is 0 Å². The van der Waals surface area contributed by atoms with Crippen molar-refractivity contribution >= 4 is 0 Å². The molecule has 0 bridgehead atoms. The van der Waals surface area contributed by atoms with Gasteiger partial charge >= 0.3 is 0 Å². The summed E-state index contributed by atoms with van der Waals surface area (Å²) in [6.45, 7) is 5.63. The minimum atomic E-state index is -0.314. The van der Waals surface area contributed by atoms with Gasteiger partial charge in [-0.15, -0.1) is 0 Å². The first-order valence-corrected chi connectivity index (χ1v) is 6.61. The lowest BCUT2D eigenvalue weighted by atomic mass is 10.2. The SMILES string of the molecule is CC(C)CNCc1cc(=O)[nH]c(-c2ccc(F)cc2)n1. The molecular formula is C15H18FN3O. The molecule has 0 unspecified atom stereocenters. The van der Waals surface area contributed by atoms with Crippen LogP contribution in [0, 0.1) is 11.7 Å². The molecule has 2 N–H and O–H groups in total. The van der Waals surface area contributed by atoms with Gasteiger partial charge < -0.3 is 10.3 Å². The Morgan fingerprint density at radius 1 is 1.30 bits per heavy atom. The monoisotopic (exact) mass is 275 g/mol. The van der Waals surface area contributed by atoms with Gasteiger partial charge in [-0.05, 0) is 36.7 Å². The summed E-state index contributed by atoms with van der Waals surface area (Å²) in [6, 6.07) is 7.36. The Morgan fingerprint density at radius 3 is 2.65 bits per heavy atom. The third-order valence-corrected chi connectivity index (χ3v) is 2.77. The van der Waals surface area contributed by atoms with Crippen LogP contribution in [0.3, 0.4) is 0 Å². The molecule has 0 saturated heterocycles. The van der Waals surface area contributed by atoms with Crippen molar-refractivity contribution in [2.24, 2.45) is 5.92 Å². The van der Waals surface area contributed by atoms with Gasteiger partial charge in [0.25, 0.3) is 5.56 Å². The lowest BCUT2D eigenvalue weighted by molar-refractivity contribution is 0.548. The number of hydrogen-bond acceptors (Lipinski definition) is 3. The average Bonchev–Trinajstić information content (AvgIpc) is 2.38. The van der Waals surface area contributed by atoms with Crippen molar-refractivity contribution in [2.75, 3.05) is 6.54 Å². The maximum Gasteiger partial charge on any atom is 0.251 e. The topological polar surface area (TPSA) is 57.8 Å². The highest BCUT2D eigenvalue weighted by Gasteiger charge is 2.04. The Labute approximate surface area is 117 Å². The summed E-state index contributed by atoms with van der Waals surface area (Å²) in [5.74, 6) is 0.679. The van der Waals surface area contributed by atoms with E-state index in [1.165, 1.54) is 18.2 Å². The molecule has 0 amide bonds. The smallest absolute Gasteiger partial charge is 0.251 e. The van der Waals surface area contributed by atoms with Gasteiger partial charge in [0.2, 0.25) is 0 Å². The molecule has 1 aromatic heterocycles. The number of rotatable bonds is 5. The number of aromatic nitrogens is 2. The second-order valence-corrected chi connectivity index (χ2v) is 5.12. The van der Waals surface area contributed by atoms with Crippen LogP contribution in [0.25, 0.3) is 11.4 Å². The van der Waals surface area contributed by atoms with Gasteiger partial charge in [0.15, 0.2) is 0 Å². The first-order chi connectivity index (χ1) is 9.54. The average molecular weight is 275 g/mol. The molecule has 5 heteroatoms. The van der Waals surface area contributed by atoms with Crippen molar-refractivity contribution in [3.63, 3.8) is 0 Å². The van der Waals surface area contributed by atoms with Gasteiger partial charge in [-0.2, -0.15) is 0 Å². The Balaban J connectivity index is 2.20. The van der Waals surface area contributed by atoms with E-state index < -0.39 is 0 Å². The molecule has 0 aliphatic carbocycles. The predicted molar refractivity (Wildman–Crippen MR) is 76.8 cm³/mol. The maximum atomic E-state index is 12.9. The van der Waals surface area contributed by atoms with Gasteiger partial charge in [-0.25, -0.2) is 9.37 Å². The highest BCUT2D eigenvalue weighted by atomic mass is 19.1. The molecule has 0 aliphatic rings. The van der Waals surface area contributed by atoms with E-state index in [1.807, 2.05) is 0 Å². The van der Waals surface area contributed by atoms with Gasteiger partial charge in [-0.1, -0.05) is 13.8 Å². The summed E-state index contributed by atoms with van der Waals surface area (Å²) in [6.07, 6.45) is 0. The molecule has 0 spiro atoms. The Kier molecular flexibility index (Phi) is 4.63. The van der Waals surface area contributed by atoms with E-state index in [9.17, 15) is 9.18 Å². The summed E-state index contributed by atoms with van der Waals surface area (Å²) < 4.78 is 12.9. The van der Waals surface area contributed by atoms with E-state index in [4.69, 9.17) is 0 Å². The zero-order valence-corrected chi connectivity index (χ0v) is 11.6. The molecule has 2 aromatic rings. The van der Waals surface area contributed by atoms with Crippen LogP contribution in [0.15, 0.2) is 35.1 Å². The lowest BCUT2D eigenvalue weighted by Crippen LogP contribution is -2.21. The number of benzene rings is 1. The quantitative estimate of drug-likeness (QED) is 0.880. The second-order valence-electron chi connectivity index (χ2n) is 5.12. The number of hydrogen-bond donors (Lipinski definition) is 2. The first-order valence-electron chi connectivity index (χ1n) is 6.61. The van der Waals surface area contributed by atoms with Crippen LogP contribution in [0.4, 0.5) is 4.39 Å². The van der Waals surface area contributed by atoms with Crippen molar-refractivity contribution in [3.05, 3.63) is 52.2 Å². The summed E-state index contributed by atoms with van der Waals surface area (Å²) in [4.78, 5) is 18.7. The summed E-state index contributed by atoms with van der Waals surface area (Å²) >= 11 is 0. The van der Waals surface area contributed by atoms with Gasteiger partial charge in [0, 0.05) is 18.2 Å². The summed E-state index contributed by atoms with van der Waals surface area (Å²) in [7, 11) is 0. The molecule has 0 fully saturated rings. The molecule has 1 aromatic carbocycles. The third-order valence-electron chi connectivity index (χ3n) is 2.77. The molecule has 2 rings (SSSR count). The fourth-order valence-electron chi connectivity index (χ4n) is 1.83. The van der Waals surface area contributed by atoms with Crippen LogP contribution >= 0.6 is 0 Å². The van der Waals surface area contributed by atoms with E-state index in [-0.39, 0.29) is 11.4 Å². The molecule has 0 saturated carbocycles. The van der Waals surface area contributed by atoms with Gasteiger partial charge in [0.05, 0.1) is 5.69 Å². The van der Waals surface area contributed by atoms with Crippen molar-refractivity contribution in [2.45, 2.75) is 20.4 Å².